The topological polar surface area (TPSA) is 54.7 Å². The minimum atomic E-state index is -0.904. The van der Waals surface area contributed by atoms with Gasteiger partial charge in [0, 0.05) is 37.0 Å². The predicted octanol–water partition coefficient (Wildman–Crippen LogP) is 6.63. The molecule has 2 heterocycles. The summed E-state index contributed by atoms with van der Waals surface area (Å²) in [6.07, 6.45) is 3.12. The molecule has 5 heteroatoms. The van der Waals surface area contributed by atoms with Crippen molar-refractivity contribution in [2.24, 2.45) is 0 Å². The normalized spacial score (nSPS) is 12.6. The van der Waals surface area contributed by atoms with Crippen LogP contribution in [-0.2, 0) is 19.5 Å². The maximum absolute atomic E-state index is 11.4. The zero-order chi connectivity index (χ0) is 25.4. The van der Waals surface area contributed by atoms with Crippen molar-refractivity contribution < 1.29 is 14.6 Å². The van der Waals surface area contributed by atoms with E-state index in [0.717, 1.165) is 36.3 Å². The molecule has 0 aliphatic carbocycles. The first-order valence-electron chi connectivity index (χ1n) is 12.5. The Morgan fingerprint density at radius 1 is 0.865 bits per heavy atom. The molecule has 0 amide bonds. The second kappa shape index (κ2) is 9.51. The van der Waals surface area contributed by atoms with Crippen molar-refractivity contribution in [1.82, 2.24) is 4.57 Å². The van der Waals surface area contributed by atoms with Crippen LogP contribution in [0.15, 0.2) is 97.2 Å². The molecule has 0 saturated carbocycles. The van der Waals surface area contributed by atoms with E-state index in [4.69, 9.17) is 4.74 Å². The van der Waals surface area contributed by atoms with Crippen molar-refractivity contribution in [1.29, 1.82) is 0 Å². The molecule has 1 aliphatic heterocycles. The summed E-state index contributed by atoms with van der Waals surface area (Å²) in [5, 5.41) is 10.5. The summed E-state index contributed by atoms with van der Waals surface area (Å²) >= 11 is 0. The summed E-state index contributed by atoms with van der Waals surface area (Å²) in [7, 11) is 1.71. The molecule has 0 radical (unpaired) electrons. The molecule has 0 atom stereocenters. The van der Waals surface area contributed by atoms with Crippen LogP contribution in [0, 0.1) is 0 Å². The summed E-state index contributed by atoms with van der Waals surface area (Å²) in [5.74, 6) is -0.0183. The first-order valence-corrected chi connectivity index (χ1v) is 12.5. The van der Waals surface area contributed by atoms with E-state index in [1.807, 2.05) is 18.2 Å². The third kappa shape index (κ3) is 4.56. The third-order valence-corrected chi connectivity index (χ3v) is 7.22. The van der Waals surface area contributed by atoms with E-state index in [0.29, 0.717) is 12.1 Å². The van der Waals surface area contributed by atoms with Crippen molar-refractivity contribution in [3.8, 4) is 16.9 Å². The highest BCUT2D eigenvalue weighted by Crippen LogP contribution is 2.35. The van der Waals surface area contributed by atoms with E-state index in [9.17, 15) is 9.90 Å². The van der Waals surface area contributed by atoms with Crippen molar-refractivity contribution in [3.05, 3.63) is 119 Å². The molecular formula is C32H28N2O3. The van der Waals surface area contributed by atoms with Crippen LogP contribution in [0.5, 0.6) is 5.75 Å². The average molecular weight is 489 g/mol. The maximum atomic E-state index is 11.4. The Morgan fingerprint density at radius 3 is 2.49 bits per heavy atom. The van der Waals surface area contributed by atoms with Gasteiger partial charge in [0.15, 0.2) is 0 Å². The number of anilines is 1. The SMILES string of the molecule is COc1cccc(CN2CCc3ccc(-c4ccc5ccn(Cc6cccc(C(=O)O)c6)c5c4)cc32)c1. The van der Waals surface area contributed by atoms with Gasteiger partial charge in [-0.3, -0.25) is 0 Å². The maximum Gasteiger partial charge on any atom is 0.335 e. The van der Waals surface area contributed by atoms with Gasteiger partial charge in [0.05, 0.1) is 12.7 Å². The highest BCUT2D eigenvalue weighted by molar-refractivity contribution is 5.88. The van der Waals surface area contributed by atoms with E-state index >= 15 is 0 Å². The number of carbonyl (C=O) groups is 1. The zero-order valence-electron chi connectivity index (χ0n) is 20.7. The lowest BCUT2D eigenvalue weighted by molar-refractivity contribution is 0.0696. The van der Waals surface area contributed by atoms with Gasteiger partial charge in [-0.1, -0.05) is 48.5 Å². The van der Waals surface area contributed by atoms with Crippen LogP contribution in [0.1, 0.15) is 27.0 Å². The van der Waals surface area contributed by atoms with Gasteiger partial charge in [-0.2, -0.15) is 0 Å². The van der Waals surface area contributed by atoms with Crippen LogP contribution in [0.25, 0.3) is 22.0 Å². The van der Waals surface area contributed by atoms with Crippen LogP contribution in [0.3, 0.4) is 0 Å². The molecule has 1 aromatic heterocycles. The first-order chi connectivity index (χ1) is 18.1. The van der Waals surface area contributed by atoms with Gasteiger partial charge in [0.1, 0.15) is 5.75 Å². The van der Waals surface area contributed by atoms with Gasteiger partial charge in [0.25, 0.3) is 0 Å². The summed E-state index contributed by atoms with van der Waals surface area (Å²) in [6.45, 7) is 2.48. The van der Waals surface area contributed by atoms with Crippen LogP contribution in [0.4, 0.5) is 5.69 Å². The Bertz CT molecular complexity index is 1620. The van der Waals surface area contributed by atoms with Gasteiger partial charge in [0.2, 0.25) is 0 Å². The highest BCUT2D eigenvalue weighted by atomic mass is 16.5. The number of hydrogen-bond acceptors (Lipinski definition) is 3. The van der Waals surface area contributed by atoms with Gasteiger partial charge in [-0.05, 0) is 82.1 Å². The Balaban J connectivity index is 1.30. The number of ether oxygens (including phenoxy) is 1. The number of benzene rings is 4. The number of nitrogens with zero attached hydrogens (tertiary/aromatic N) is 2. The van der Waals surface area contributed by atoms with E-state index in [1.165, 1.54) is 33.3 Å². The Labute approximate surface area is 216 Å². The fourth-order valence-corrected chi connectivity index (χ4v) is 5.28. The Hall–Kier alpha value is -4.51. The molecule has 4 aromatic carbocycles. The van der Waals surface area contributed by atoms with Gasteiger partial charge in [-0.25, -0.2) is 4.79 Å². The summed E-state index contributed by atoms with van der Waals surface area (Å²) < 4.78 is 7.59. The molecule has 0 spiro atoms. The van der Waals surface area contributed by atoms with E-state index < -0.39 is 5.97 Å². The van der Waals surface area contributed by atoms with Gasteiger partial charge in [-0.15, -0.1) is 0 Å². The first kappa shape index (κ1) is 22.9. The molecule has 0 unspecified atom stereocenters. The standard InChI is InChI=1S/C32H28N2O3/c1-37-29-7-3-5-23(17-29)21-34-15-13-25-9-11-27(19-31(25)34)26-10-8-24-12-14-33(30(24)18-26)20-22-4-2-6-28(16-22)32(35)36/h2-12,14,16-19H,13,15,20-21H2,1H3,(H,35,36). The molecule has 5 aromatic rings. The number of hydrogen-bond donors (Lipinski definition) is 1. The largest absolute Gasteiger partial charge is 0.497 e. The number of carboxylic acid groups (broad SMARTS) is 1. The summed E-state index contributed by atoms with van der Waals surface area (Å²) in [5.41, 5.74) is 8.69. The molecule has 1 N–H and O–H groups in total. The van der Waals surface area contributed by atoms with Crippen molar-refractivity contribution in [2.45, 2.75) is 19.5 Å². The lowest BCUT2D eigenvalue weighted by Crippen LogP contribution is -2.19. The van der Waals surface area contributed by atoms with Crippen molar-refractivity contribution >= 4 is 22.6 Å². The highest BCUT2D eigenvalue weighted by Gasteiger charge is 2.20. The number of rotatable bonds is 7. The molecule has 37 heavy (non-hydrogen) atoms. The second-order valence-electron chi connectivity index (χ2n) is 9.59. The van der Waals surface area contributed by atoms with Crippen LogP contribution >= 0.6 is 0 Å². The third-order valence-electron chi connectivity index (χ3n) is 7.22. The Morgan fingerprint density at radius 2 is 1.65 bits per heavy atom. The molecule has 6 rings (SSSR count). The predicted molar refractivity (Wildman–Crippen MR) is 148 cm³/mol. The molecular weight excluding hydrogens is 460 g/mol. The lowest BCUT2D eigenvalue weighted by atomic mass is 10.0. The lowest BCUT2D eigenvalue weighted by Gasteiger charge is -2.20. The molecule has 0 bridgehead atoms. The van der Waals surface area contributed by atoms with E-state index in [-0.39, 0.29) is 0 Å². The number of aromatic nitrogens is 1. The van der Waals surface area contributed by atoms with E-state index in [2.05, 4.69) is 70.3 Å². The number of methoxy groups -OCH3 is 1. The molecule has 0 saturated heterocycles. The quantitative estimate of drug-likeness (QED) is 0.280. The second-order valence-corrected chi connectivity index (χ2v) is 9.59. The Kier molecular flexibility index (Phi) is 5.89. The molecule has 184 valence electrons. The molecule has 5 nitrogen and oxygen atoms in total. The monoisotopic (exact) mass is 488 g/mol. The summed E-state index contributed by atoms with van der Waals surface area (Å²) in [6, 6.07) is 30.9. The molecule has 1 aliphatic rings. The van der Waals surface area contributed by atoms with Gasteiger partial charge < -0.3 is 19.3 Å². The number of fused-ring (bicyclic) bond motifs is 2. The minimum absolute atomic E-state index is 0.311. The van der Waals surface area contributed by atoms with Gasteiger partial charge >= 0.3 is 5.97 Å². The van der Waals surface area contributed by atoms with Crippen LogP contribution in [0.2, 0.25) is 0 Å². The molecule has 0 fully saturated rings. The van der Waals surface area contributed by atoms with Crippen molar-refractivity contribution in [3.63, 3.8) is 0 Å². The van der Waals surface area contributed by atoms with E-state index in [1.54, 1.807) is 25.3 Å². The zero-order valence-corrected chi connectivity index (χ0v) is 20.7. The number of carboxylic acids is 1. The fourth-order valence-electron chi connectivity index (χ4n) is 5.28. The fraction of sp³-hybridized carbons (Fsp3) is 0.156. The summed E-state index contributed by atoms with van der Waals surface area (Å²) in [4.78, 5) is 13.8. The average Bonchev–Trinajstić information content (AvgIpc) is 3.52. The van der Waals surface area contributed by atoms with Crippen LogP contribution in [-0.4, -0.2) is 29.3 Å². The van der Waals surface area contributed by atoms with Crippen LogP contribution < -0.4 is 9.64 Å². The smallest absolute Gasteiger partial charge is 0.335 e. The van der Waals surface area contributed by atoms with Crippen molar-refractivity contribution in [2.75, 3.05) is 18.6 Å². The minimum Gasteiger partial charge on any atom is -0.497 e. The number of aromatic carboxylic acids is 1.